The van der Waals surface area contributed by atoms with Crippen LogP contribution in [0.2, 0.25) is 0 Å². The number of carbonyl (C=O) groups is 3. The molecule has 0 aromatic heterocycles. The van der Waals surface area contributed by atoms with Crippen LogP contribution in [0.1, 0.15) is 18.4 Å². The zero-order valence-corrected chi connectivity index (χ0v) is 10.8. The Kier molecular flexibility index (Phi) is 5.52. The van der Waals surface area contributed by atoms with E-state index in [1.54, 1.807) is 18.2 Å². The zero-order valence-electron chi connectivity index (χ0n) is 10.8. The summed E-state index contributed by atoms with van der Waals surface area (Å²) in [7, 11) is 0. The number of anilines is 1. The van der Waals surface area contributed by atoms with Crippen molar-refractivity contribution in [2.24, 2.45) is 5.73 Å². The molecule has 0 fully saturated rings. The summed E-state index contributed by atoms with van der Waals surface area (Å²) in [4.78, 5) is 33.2. The predicted octanol–water partition coefficient (Wildman–Crippen LogP) is -0.354. The zero-order chi connectivity index (χ0) is 15.1. The molecule has 0 radical (unpaired) electrons. The van der Waals surface area contributed by atoms with Crippen molar-refractivity contribution in [2.75, 3.05) is 5.73 Å². The molecule has 6 N–H and O–H groups in total. The van der Waals surface area contributed by atoms with E-state index in [0.29, 0.717) is 12.1 Å². The van der Waals surface area contributed by atoms with E-state index in [0.717, 1.165) is 5.56 Å². The van der Waals surface area contributed by atoms with Crippen molar-refractivity contribution in [1.82, 2.24) is 5.32 Å². The Hall–Kier alpha value is -2.57. The summed E-state index contributed by atoms with van der Waals surface area (Å²) < 4.78 is 0. The summed E-state index contributed by atoms with van der Waals surface area (Å²) in [5.74, 6) is -2.53. The number of aliphatic carboxylic acids is 1. The Bertz CT molecular complexity index is 516. The number of amides is 2. The molecule has 0 spiro atoms. The van der Waals surface area contributed by atoms with Crippen LogP contribution in [-0.4, -0.2) is 28.9 Å². The summed E-state index contributed by atoms with van der Waals surface area (Å²) >= 11 is 0. The first kappa shape index (κ1) is 15.5. The third kappa shape index (κ3) is 5.38. The quantitative estimate of drug-likeness (QED) is 0.506. The fraction of sp³-hybridized carbons (Fsp3) is 0.308. The Morgan fingerprint density at radius 2 is 2.00 bits per heavy atom. The highest BCUT2D eigenvalue weighted by molar-refractivity contribution is 5.88. The largest absolute Gasteiger partial charge is 0.480 e. The van der Waals surface area contributed by atoms with Gasteiger partial charge in [0.2, 0.25) is 11.8 Å². The standard InChI is InChI=1S/C13H17N3O4/c14-9-3-1-2-8(6-9)4-5-12(18)16-10(13(19)20)7-11(15)17/h1-3,6,10H,4-5,7,14H2,(H2,15,17)(H,16,18)(H,19,20). The third-order valence-corrected chi connectivity index (χ3v) is 2.63. The average molecular weight is 279 g/mol. The van der Waals surface area contributed by atoms with Gasteiger partial charge in [-0.3, -0.25) is 9.59 Å². The van der Waals surface area contributed by atoms with Crippen LogP contribution in [0.4, 0.5) is 5.69 Å². The van der Waals surface area contributed by atoms with Gasteiger partial charge in [-0.15, -0.1) is 0 Å². The number of rotatable bonds is 7. The normalized spacial score (nSPS) is 11.6. The van der Waals surface area contributed by atoms with Gasteiger partial charge in [0, 0.05) is 12.1 Å². The lowest BCUT2D eigenvalue weighted by molar-refractivity contribution is -0.143. The molecule has 20 heavy (non-hydrogen) atoms. The van der Waals surface area contributed by atoms with Gasteiger partial charge in [0.15, 0.2) is 0 Å². The molecule has 0 aliphatic heterocycles. The molecule has 0 saturated heterocycles. The molecule has 7 nitrogen and oxygen atoms in total. The van der Waals surface area contributed by atoms with Gasteiger partial charge in [0.1, 0.15) is 6.04 Å². The lowest BCUT2D eigenvalue weighted by Gasteiger charge is -2.12. The van der Waals surface area contributed by atoms with Crippen LogP contribution in [0.15, 0.2) is 24.3 Å². The number of carboxylic acid groups (broad SMARTS) is 1. The minimum absolute atomic E-state index is 0.103. The van der Waals surface area contributed by atoms with Gasteiger partial charge in [-0.2, -0.15) is 0 Å². The van der Waals surface area contributed by atoms with Gasteiger partial charge in [0.05, 0.1) is 6.42 Å². The molecule has 1 rings (SSSR count). The molecular weight excluding hydrogens is 262 g/mol. The van der Waals surface area contributed by atoms with Crippen LogP contribution in [0.25, 0.3) is 0 Å². The maximum absolute atomic E-state index is 11.6. The topological polar surface area (TPSA) is 136 Å². The molecule has 7 heteroatoms. The lowest BCUT2D eigenvalue weighted by atomic mass is 10.1. The molecule has 2 amide bonds. The number of carboxylic acids is 1. The molecule has 0 aliphatic carbocycles. The van der Waals surface area contributed by atoms with E-state index in [-0.39, 0.29) is 6.42 Å². The monoisotopic (exact) mass is 279 g/mol. The second kappa shape index (κ2) is 7.13. The molecule has 1 atom stereocenters. The van der Waals surface area contributed by atoms with Crippen LogP contribution in [-0.2, 0) is 20.8 Å². The first-order valence-corrected chi connectivity index (χ1v) is 6.03. The van der Waals surface area contributed by atoms with Crippen LogP contribution < -0.4 is 16.8 Å². The average Bonchev–Trinajstić information content (AvgIpc) is 2.35. The molecular formula is C13H17N3O4. The van der Waals surface area contributed by atoms with E-state index in [2.05, 4.69) is 5.32 Å². The number of nitrogen functional groups attached to an aromatic ring is 1. The number of hydrogen-bond acceptors (Lipinski definition) is 4. The predicted molar refractivity (Wildman–Crippen MR) is 72.6 cm³/mol. The Balaban J connectivity index is 2.49. The number of hydrogen-bond donors (Lipinski definition) is 4. The van der Waals surface area contributed by atoms with Gasteiger partial charge < -0.3 is 21.9 Å². The van der Waals surface area contributed by atoms with Crippen LogP contribution in [0.5, 0.6) is 0 Å². The summed E-state index contributed by atoms with van der Waals surface area (Å²) in [5, 5.41) is 11.1. The van der Waals surface area contributed by atoms with Crippen molar-refractivity contribution in [2.45, 2.75) is 25.3 Å². The molecule has 108 valence electrons. The summed E-state index contributed by atoms with van der Waals surface area (Å²) in [6.07, 6.45) is 0.102. The molecule has 1 aromatic carbocycles. The van der Waals surface area contributed by atoms with Gasteiger partial charge in [-0.05, 0) is 24.1 Å². The van der Waals surface area contributed by atoms with Crippen LogP contribution >= 0.6 is 0 Å². The SMILES string of the molecule is NC(=O)CC(NC(=O)CCc1cccc(N)c1)C(=O)O. The number of nitrogens with two attached hydrogens (primary N) is 2. The number of primary amides is 1. The number of benzene rings is 1. The Morgan fingerprint density at radius 1 is 1.30 bits per heavy atom. The van der Waals surface area contributed by atoms with Crippen molar-refractivity contribution >= 4 is 23.5 Å². The first-order valence-electron chi connectivity index (χ1n) is 6.03. The van der Waals surface area contributed by atoms with E-state index < -0.39 is 30.2 Å². The molecule has 1 unspecified atom stereocenters. The first-order chi connectivity index (χ1) is 9.38. The Morgan fingerprint density at radius 3 is 2.55 bits per heavy atom. The van der Waals surface area contributed by atoms with E-state index in [9.17, 15) is 14.4 Å². The second-order valence-electron chi connectivity index (χ2n) is 4.37. The van der Waals surface area contributed by atoms with Gasteiger partial charge in [-0.1, -0.05) is 12.1 Å². The van der Waals surface area contributed by atoms with Gasteiger partial charge in [-0.25, -0.2) is 4.79 Å². The lowest BCUT2D eigenvalue weighted by Crippen LogP contribution is -2.43. The van der Waals surface area contributed by atoms with Gasteiger partial charge >= 0.3 is 5.97 Å². The van der Waals surface area contributed by atoms with Crippen molar-refractivity contribution in [1.29, 1.82) is 0 Å². The summed E-state index contributed by atoms with van der Waals surface area (Å²) in [5.41, 5.74) is 12.0. The van der Waals surface area contributed by atoms with E-state index in [4.69, 9.17) is 16.6 Å². The highest BCUT2D eigenvalue weighted by atomic mass is 16.4. The smallest absolute Gasteiger partial charge is 0.326 e. The van der Waals surface area contributed by atoms with E-state index in [1.807, 2.05) is 6.07 Å². The van der Waals surface area contributed by atoms with Crippen molar-refractivity contribution in [3.63, 3.8) is 0 Å². The second-order valence-corrected chi connectivity index (χ2v) is 4.37. The highest BCUT2D eigenvalue weighted by Crippen LogP contribution is 2.08. The van der Waals surface area contributed by atoms with Crippen LogP contribution in [0, 0.1) is 0 Å². The minimum Gasteiger partial charge on any atom is -0.480 e. The minimum atomic E-state index is -1.29. The third-order valence-electron chi connectivity index (χ3n) is 2.63. The van der Waals surface area contributed by atoms with Crippen LogP contribution in [0.3, 0.4) is 0 Å². The van der Waals surface area contributed by atoms with Crippen molar-refractivity contribution in [3.05, 3.63) is 29.8 Å². The molecule has 0 saturated carbocycles. The fourth-order valence-electron chi connectivity index (χ4n) is 1.67. The molecule has 0 aliphatic rings. The number of aryl methyl sites for hydroxylation is 1. The number of carbonyl (C=O) groups excluding carboxylic acids is 2. The summed E-state index contributed by atoms with van der Waals surface area (Å²) in [6.45, 7) is 0. The number of nitrogens with one attached hydrogen (secondary N) is 1. The van der Waals surface area contributed by atoms with Gasteiger partial charge in [0.25, 0.3) is 0 Å². The fourth-order valence-corrected chi connectivity index (χ4v) is 1.67. The van der Waals surface area contributed by atoms with E-state index in [1.165, 1.54) is 0 Å². The molecule has 0 heterocycles. The van der Waals surface area contributed by atoms with Crippen molar-refractivity contribution in [3.8, 4) is 0 Å². The summed E-state index contributed by atoms with van der Waals surface area (Å²) in [6, 6.07) is 5.78. The Labute approximate surface area is 115 Å². The molecule has 0 bridgehead atoms. The van der Waals surface area contributed by atoms with Crippen molar-refractivity contribution < 1.29 is 19.5 Å². The molecule has 1 aromatic rings. The maximum Gasteiger partial charge on any atom is 0.326 e. The maximum atomic E-state index is 11.6. The van der Waals surface area contributed by atoms with E-state index >= 15 is 0 Å². The highest BCUT2D eigenvalue weighted by Gasteiger charge is 2.21.